The first-order valence-electron chi connectivity index (χ1n) is 8.90. The number of methoxy groups -OCH3 is 1. The summed E-state index contributed by atoms with van der Waals surface area (Å²) < 4.78 is 5.60. The number of benzene rings is 1. The fourth-order valence-corrected chi connectivity index (χ4v) is 3.50. The molecule has 0 aliphatic carbocycles. The van der Waals surface area contributed by atoms with E-state index in [4.69, 9.17) is 4.74 Å². The molecule has 1 amide bonds. The highest BCUT2D eigenvalue weighted by atomic mass is 16.5. The molecule has 6 nitrogen and oxygen atoms in total. The van der Waals surface area contributed by atoms with Crippen molar-refractivity contribution in [3.8, 4) is 0 Å². The van der Waals surface area contributed by atoms with Crippen LogP contribution in [0.2, 0.25) is 0 Å². The van der Waals surface area contributed by atoms with Gasteiger partial charge in [-0.15, -0.1) is 0 Å². The zero-order valence-corrected chi connectivity index (χ0v) is 14.9. The first-order chi connectivity index (χ1) is 12.1. The summed E-state index contributed by atoms with van der Waals surface area (Å²) in [7, 11) is 1.61. The highest BCUT2D eigenvalue weighted by molar-refractivity contribution is 5.85. The quantitative estimate of drug-likeness (QED) is 0.631. The van der Waals surface area contributed by atoms with Crippen LogP contribution >= 0.6 is 0 Å². The van der Waals surface area contributed by atoms with E-state index < -0.39 is 12.0 Å². The maximum absolute atomic E-state index is 12.8. The van der Waals surface area contributed by atoms with Crippen molar-refractivity contribution in [3.63, 3.8) is 0 Å². The predicted molar refractivity (Wildman–Crippen MR) is 95.3 cm³/mol. The number of aliphatic carboxylic acids is 1. The summed E-state index contributed by atoms with van der Waals surface area (Å²) in [5.74, 6) is -1.66. The molecule has 1 aromatic rings. The van der Waals surface area contributed by atoms with Crippen LogP contribution in [0, 0.1) is 5.92 Å². The van der Waals surface area contributed by atoms with Crippen LogP contribution in [0.5, 0.6) is 0 Å². The maximum atomic E-state index is 12.8. The lowest BCUT2D eigenvalue weighted by molar-refractivity contribution is -0.143. The molecule has 0 bridgehead atoms. The van der Waals surface area contributed by atoms with Crippen molar-refractivity contribution in [2.24, 2.45) is 5.92 Å². The van der Waals surface area contributed by atoms with E-state index in [0.29, 0.717) is 6.42 Å². The Labute approximate surface area is 149 Å². The Balaban J connectivity index is 2.05. The zero-order chi connectivity index (χ0) is 18.2. The van der Waals surface area contributed by atoms with Gasteiger partial charge in [0.2, 0.25) is 5.91 Å². The van der Waals surface area contributed by atoms with E-state index in [-0.39, 0.29) is 30.4 Å². The van der Waals surface area contributed by atoms with Gasteiger partial charge >= 0.3 is 5.97 Å². The number of amides is 1. The van der Waals surface area contributed by atoms with Crippen molar-refractivity contribution < 1.29 is 19.4 Å². The molecule has 1 aliphatic rings. The Bertz CT molecular complexity index is 558. The van der Waals surface area contributed by atoms with Crippen LogP contribution in [-0.4, -0.2) is 48.8 Å². The number of carbonyl (C=O) groups is 2. The van der Waals surface area contributed by atoms with E-state index in [1.807, 2.05) is 37.3 Å². The van der Waals surface area contributed by atoms with Gasteiger partial charge in [0.05, 0.1) is 12.0 Å². The highest BCUT2D eigenvalue weighted by Gasteiger charge is 2.36. The van der Waals surface area contributed by atoms with Gasteiger partial charge in [0.1, 0.15) is 6.04 Å². The molecule has 1 unspecified atom stereocenters. The van der Waals surface area contributed by atoms with Crippen LogP contribution in [0.25, 0.3) is 0 Å². The third kappa shape index (κ3) is 5.28. The highest BCUT2D eigenvalue weighted by Crippen LogP contribution is 2.22. The lowest BCUT2D eigenvalue weighted by Gasteiger charge is -2.30. The molecule has 1 fully saturated rings. The summed E-state index contributed by atoms with van der Waals surface area (Å²) in [6.07, 6.45) is 2.64. The molecule has 0 saturated carbocycles. The molecule has 1 heterocycles. The summed E-state index contributed by atoms with van der Waals surface area (Å²) >= 11 is 0. The van der Waals surface area contributed by atoms with E-state index in [1.165, 1.54) is 0 Å². The first kappa shape index (κ1) is 19.4. The number of hydrogen-bond acceptors (Lipinski definition) is 4. The molecule has 2 rings (SSSR count). The topological polar surface area (TPSA) is 87.7 Å². The minimum atomic E-state index is -1.03. The van der Waals surface area contributed by atoms with E-state index in [1.54, 1.807) is 7.11 Å². The van der Waals surface area contributed by atoms with E-state index >= 15 is 0 Å². The molecule has 1 aromatic carbocycles. The molecule has 0 radical (unpaired) electrons. The molecule has 138 valence electrons. The summed E-state index contributed by atoms with van der Waals surface area (Å²) in [5.41, 5.74) is 0.879. The number of carbonyl (C=O) groups excluding carboxylic acids is 1. The van der Waals surface area contributed by atoms with E-state index in [0.717, 1.165) is 24.9 Å². The standard InChI is InChI=1S/C19H28N2O4/c1-3-14(17(25-2)15-10-7-11-20-15)18(22)21-16(19(23)24)12-13-8-5-4-6-9-13/h4-6,8-9,14-17,20H,3,7,10-12H2,1-2H3,(H,21,22)(H,23,24)/t14?,15-,16-,17+/m0/s1. The van der Waals surface area contributed by atoms with Crippen LogP contribution in [-0.2, 0) is 20.7 Å². The Kier molecular flexibility index (Phi) is 7.40. The number of rotatable bonds is 9. The predicted octanol–water partition coefficient (Wildman–Crippen LogP) is 1.59. The van der Waals surface area contributed by atoms with Gasteiger partial charge in [0, 0.05) is 19.6 Å². The fraction of sp³-hybridized carbons (Fsp3) is 0.579. The van der Waals surface area contributed by atoms with E-state index in [9.17, 15) is 14.7 Å². The van der Waals surface area contributed by atoms with Crippen LogP contribution in [0.3, 0.4) is 0 Å². The minimum Gasteiger partial charge on any atom is -0.480 e. The SMILES string of the molecule is CCC(C(=O)N[C@@H](Cc1ccccc1)C(=O)O)[C@@H](OC)[C@@H]1CCCN1. The van der Waals surface area contributed by atoms with Crippen molar-refractivity contribution in [3.05, 3.63) is 35.9 Å². The van der Waals surface area contributed by atoms with Crippen molar-refractivity contribution in [1.82, 2.24) is 10.6 Å². The van der Waals surface area contributed by atoms with Gasteiger partial charge in [0.25, 0.3) is 0 Å². The Hall–Kier alpha value is -1.92. The van der Waals surface area contributed by atoms with Crippen LogP contribution in [0.15, 0.2) is 30.3 Å². The fourth-order valence-electron chi connectivity index (χ4n) is 3.50. The maximum Gasteiger partial charge on any atom is 0.326 e. The molecule has 4 atom stereocenters. The van der Waals surface area contributed by atoms with Gasteiger partial charge in [-0.2, -0.15) is 0 Å². The zero-order valence-electron chi connectivity index (χ0n) is 14.9. The lowest BCUT2D eigenvalue weighted by Crippen LogP contribution is -2.51. The third-order valence-electron chi connectivity index (χ3n) is 4.84. The summed E-state index contributed by atoms with van der Waals surface area (Å²) in [5, 5.41) is 15.6. The monoisotopic (exact) mass is 348 g/mol. The Morgan fingerprint density at radius 1 is 1.36 bits per heavy atom. The number of hydrogen-bond donors (Lipinski definition) is 3. The molecule has 25 heavy (non-hydrogen) atoms. The molecule has 0 aromatic heterocycles. The summed E-state index contributed by atoms with van der Waals surface area (Å²) in [4.78, 5) is 24.3. The minimum absolute atomic E-state index is 0.137. The van der Waals surface area contributed by atoms with Gasteiger partial charge in [-0.1, -0.05) is 37.3 Å². The molecular formula is C19H28N2O4. The Morgan fingerprint density at radius 2 is 2.08 bits per heavy atom. The second-order valence-corrected chi connectivity index (χ2v) is 6.51. The van der Waals surface area contributed by atoms with Crippen LogP contribution < -0.4 is 10.6 Å². The molecule has 1 saturated heterocycles. The molecule has 0 spiro atoms. The second-order valence-electron chi connectivity index (χ2n) is 6.51. The number of carboxylic acids is 1. The Morgan fingerprint density at radius 3 is 2.60 bits per heavy atom. The molecule has 3 N–H and O–H groups in total. The first-order valence-corrected chi connectivity index (χ1v) is 8.90. The van der Waals surface area contributed by atoms with Crippen molar-refractivity contribution >= 4 is 11.9 Å². The van der Waals surface area contributed by atoms with Crippen LogP contribution in [0.4, 0.5) is 0 Å². The second kappa shape index (κ2) is 9.53. The van der Waals surface area contributed by atoms with E-state index in [2.05, 4.69) is 10.6 Å². The normalized spacial score (nSPS) is 20.6. The number of nitrogens with one attached hydrogen (secondary N) is 2. The van der Waals surface area contributed by atoms with Crippen molar-refractivity contribution in [2.75, 3.05) is 13.7 Å². The van der Waals surface area contributed by atoms with Gasteiger partial charge in [-0.3, -0.25) is 4.79 Å². The number of carboxylic acid groups (broad SMARTS) is 1. The van der Waals surface area contributed by atoms with Gasteiger partial charge in [-0.05, 0) is 31.4 Å². The average molecular weight is 348 g/mol. The largest absolute Gasteiger partial charge is 0.480 e. The van der Waals surface area contributed by atoms with Gasteiger partial charge in [0.15, 0.2) is 0 Å². The summed E-state index contributed by atoms with van der Waals surface area (Å²) in [6.45, 7) is 2.85. The van der Waals surface area contributed by atoms with Gasteiger partial charge in [-0.25, -0.2) is 4.79 Å². The molecule has 6 heteroatoms. The van der Waals surface area contributed by atoms with Gasteiger partial charge < -0.3 is 20.5 Å². The smallest absolute Gasteiger partial charge is 0.326 e. The van der Waals surface area contributed by atoms with Crippen molar-refractivity contribution in [1.29, 1.82) is 0 Å². The summed E-state index contributed by atoms with van der Waals surface area (Å²) in [6, 6.07) is 8.51. The van der Waals surface area contributed by atoms with Crippen molar-refractivity contribution in [2.45, 2.75) is 50.8 Å². The molecule has 1 aliphatic heterocycles. The molecular weight excluding hydrogens is 320 g/mol. The average Bonchev–Trinajstić information content (AvgIpc) is 3.13. The third-order valence-corrected chi connectivity index (χ3v) is 4.84. The number of ether oxygens (including phenoxy) is 1. The van der Waals surface area contributed by atoms with Crippen LogP contribution in [0.1, 0.15) is 31.7 Å². The lowest BCUT2D eigenvalue weighted by atomic mass is 9.91.